The van der Waals surface area contributed by atoms with E-state index in [1.54, 1.807) is 0 Å². The quantitative estimate of drug-likeness (QED) is 0.653. The Kier molecular flexibility index (Phi) is 6.75. The molecule has 15 heavy (non-hydrogen) atoms. The van der Waals surface area contributed by atoms with Gasteiger partial charge in [0.05, 0.1) is 0 Å². The highest BCUT2D eigenvalue weighted by Gasteiger charge is 2.23. The average Bonchev–Trinajstić information content (AvgIpc) is 2.12. The lowest BCUT2D eigenvalue weighted by Gasteiger charge is -2.23. The van der Waals surface area contributed by atoms with Gasteiger partial charge in [0.1, 0.15) is 0 Å². The monoisotopic (exact) mass is 216 g/mol. The zero-order valence-electron chi connectivity index (χ0n) is 9.40. The van der Waals surface area contributed by atoms with Gasteiger partial charge in [-0.25, -0.2) is 0 Å². The van der Waals surface area contributed by atoms with Gasteiger partial charge in [0.25, 0.3) is 0 Å². The number of aliphatic carboxylic acids is 2. The Morgan fingerprint density at radius 1 is 1.00 bits per heavy atom. The molecule has 0 rings (SSSR count). The van der Waals surface area contributed by atoms with E-state index >= 15 is 0 Å². The summed E-state index contributed by atoms with van der Waals surface area (Å²) >= 11 is 0. The van der Waals surface area contributed by atoms with E-state index in [1.807, 2.05) is 13.8 Å². The molecule has 4 nitrogen and oxygen atoms in total. The predicted octanol–water partition coefficient (Wildman–Crippen LogP) is 2.38. The average molecular weight is 216 g/mol. The van der Waals surface area contributed by atoms with Crippen LogP contribution in [0.15, 0.2) is 0 Å². The van der Waals surface area contributed by atoms with E-state index in [1.165, 1.54) is 0 Å². The standard InChI is InChI=1S/C11H20O4/c1-3-5-9(7-11(14)15)8(4-2)6-10(12)13/h8-9H,3-7H2,1-2H3,(H,12,13)(H,14,15). The molecule has 0 aliphatic heterocycles. The first-order chi connectivity index (χ1) is 7.01. The number of rotatable bonds is 8. The number of carboxylic acids is 2. The molecule has 88 valence electrons. The highest BCUT2D eigenvalue weighted by molar-refractivity contribution is 5.68. The van der Waals surface area contributed by atoms with Gasteiger partial charge in [-0.05, 0) is 18.3 Å². The molecule has 0 aromatic rings. The van der Waals surface area contributed by atoms with E-state index in [2.05, 4.69) is 0 Å². The summed E-state index contributed by atoms with van der Waals surface area (Å²) < 4.78 is 0. The van der Waals surface area contributed by atoms with Gasteiger partial charge in [0.15, 0.2) is 0 Å². The van der Waals surface area contributed by atoms with E-state index in [4.69, 9.17) is 10.2 Å². The van der Waals surface area contributed by atoms with E-state index in [0.29, 0.717) is 0 Å². The van der Waals surface area contributed by atoms with Crippen LogP contribution < -0.4 is 0 Å². The Hall–Kier alpha value is -1.06. The number of carbonyl (C=O) groups is 2. The summed E-state index contributed by atoms with van der Waals surface area (Å²) in [5.74, 6) is -1.70. The van der Waals surface area contributed by atoms with Crippen molar-refractivity contribution in [3.8, 4) is 0 Å². The third-order valence-corrected chi connectivity index (χ3v) is 2.72. The summed E-state index contributed by atoms with van der Waals surface area (Å²) in [4.78, 5) is 21.3. The number of carboxylic acid groups (broad SMARTS) is 2. The molecule has 0 aromatic heterocycles. The van der Waals surface area contributed by atoms with E-state index < -0.39 is 11.9 Å². The van der Waals surface area contributed by atoms with Crippen LogP contribution in [0.4, 0.5) is 0 Å². The van der Waals surface area contributed by atoms with E-state index in [9.17, 15) is 9.59 Å². The summed E-state index contributed by atoms with van der Waals surface area (Å²) in [6, 6.07) is 0. The molecule has 4 heteroatoms. The zero-order chi connectivity index (χ0) is 11.8. The highest BCUT2D eigenvalue weighted by atomic mass is 16.4. The normalized spacial score (nSPS) is 14.5. The Bertz CT molecular complexity index is 213. The van der Waals surface area contributed by atoms with Crippen LogP contribution in [0.2, 0.25) is 0 Å². The van der Waals surface area contributed by atoms with E-state index in [-0.39, 0.29) is 24.7 Å². The minimum Gasteiger partial charge on any atom is -0.481 e. The SMILES string of the molecule is CCCC(CC(=O)O)C(CC)CC(=O)O. The summed E-state index contributed by atoms with van der Waals surface area (Å²) in [5.41, 5.74) is 0. The van der Waals surface area contributed by atoms with Gasteiger partial charge in [-0.15, -0.1) is 0 Å². The van der Waals surface area contributed by atoms with Crippen LogP contribution in [0.1, 0.15) is 46.0 Å². The molecule has 0 fully saturated rings. The van der Waals surface area contributed by atoms with Gasteiger partial charge >= 0.3 is 11.9 Å². The van der Waals surface area contributed by atoms with Crippen LogP contribution in [0.3, 0.4) is 0 Å². The number of hydrogen-bond acceptors (Lipinski definition) is 2. The fourth-order valence-corrected chi connectivity index (χ4v) is 1.97. The maximum absolute atomic E-state index is 10.6. The van der Waals surface area contributed by atoms with Crippen LogP contribution in [0.5, 0.6) is 0 Å². The molecule has 0 bridgehead atoms. The topological polar surface area (TPSA) is 74.6 Å². The summed E-state index contributed by atoms with van der Waals surface area (Å²) in [5, 5.41) is 17.5. The van der Waals surface area contributed by atoms with Crippen molar-refractivity contribution in [3.63, 3.8) is 0 Å². The lowest BCUT2D eigenvalue weighted by Crippen LogP contribution is -2.20. The fourth-order valence-electron chi connectivity index (χ4n) is 1.97. The lowest BCUT2D eigenvalue weighted by molar-refractivity contribution is -0.142. The van der Waals surface area contributed by atoms with Crippen LogP contribution in [-0.2, 0) is 9.59 Å². The van der Waals surface area contributed by atoms with Crippen molar-refractivity contribution in [1.82, 2.24) is 0 Å². The van der Waals surface area contributed by atoms with Gasteiger partial charge in [-0.2, -0.15) is 0 Å². The minimum atomic E-state index is -0.839. The molecule has 0 aromatic carbocycles. The van der Waals surface area contributed by atoms with E-state index in [0.717, 1.165) is 19.3 Å². The van der Waals surface area contributed by atoms with Crippen molar-refractivity contribution in [2.24, 2.45) is 11.8 Å². The molecule has 0 aliphatic rings. The summed E-state index contributed by atoms with van der Waals surface area (Å²) in [7, 11) is 0. The molecule has 0 saturated carbocycles. The molecule has 2 unspecified atom stereocenters. The molecule has 0 saturated heterocycles. The Balaban J connectivity index is 4.38. The van der Waals surface area contributed by atoms with Crippen molar-refractivity contribution >= 4 is 11.9 Å². The van der Waals surface area contributed by atoms with Gasteiger partial charge in [0, 0.05) is 12.8 Å². The van der Waals surface area contributed by atoms with Gasteiger partial charge in [-0.3, -0.25) is 9.59 Å². The molecule has 2 atom stereocenters. The maximum Gasteiger partial charge on any atom is 0.303 e. The Labute approximate surface area is 90.3 Å². The fraction of sp³-hybridized carbons (Fsp3) is 0.818. The first-order valence-corrected chi connectivity index (χ1v) is 5.44. The largest absolute Gasteiger partial charge is 0.481 e. The Morgan fingerprint density at radius 2 is 1.47 bits per heavy atom. The molecular formula is C11H20O4. The van der Waals surface area contributed by atoms with Crippen molar-refractivity contribution in [1.29, 1.82) is 0 Å². The van der Waals surface area contributed by atoms with Crippen molar-refractivity contribution in [2.75, 3.05) is 0 Å². The van der Waals surface area contributed by atoms with Gasteiger partial charge in [-0.1, -0.05) is 26.7 Å². The van der Waals surface area contributed by atoms with Crippen LogP contribution in [-0.4, -0.2) is 22.2 Å². The third-order valence-electron chi connectivity index (χ3n) is 2.72. The molecule has 0 aliphatic carbocycles. The van der Waals surface area contributed by atoms with Crippen LogP contribution in [0, 0.1) is 11.8 Å². The summed E-state index contributed by atoms with van der Waals surface area (Å²) in [6.45, 7) is 3.90. The van der Waals surface area contributed by atoms with Crippen LogP contribution in [0.25, 0.3) is 0 Å². The predicted molar refractivity (Wildman–Crippen MR) is 56.7 cm³/mol. The second-order valence-electron chi connectivity index (χ2n) is 3.91. The Morgan fingerprint density at radius 3 is 1.80 bits per heavy atom. The zero-order valence-corrected chi connectivity index (χ0v) is 9.40. The minimum absolute atomic E-state index is 0.00593. The third kappa shape index (κ3) is 6.10. The van der Waals surface area contributed by atoms with Crippen molar-refractivity contribution in [2.45, 2.75) is 46.0 Å². The van der Waals surface area contributed by atoms with Gasteiger partial charge < -0.3 is 10.2 Å². The molecule has 0 heterocycles. The lowest BCUT2D eigenvalue weighted by atomic mass is 9.82. The second kappa shape index (κ2) is 7.26. The molecule has 0 amide bonds. The van der Waals surface area contributed by atoms with Crippen molar-refractivity contribution < 1.29 is 19.8 Å². The first kappa shape index (κ1) is 13.9. The second-order valence-corrected chi connectivity index (χ2v) is 3.91. The molecular weight excluding hydrogens is 196 g/mol. The smallest absolute Gasteiger partial charge is 0.303 e. The summed E-state index contributed by atoms with van der Waals surface area (Å²) in [6.07, 6.45) is 2.57. The first-order valence-electron chi connectivity index (χ1n) is 5.44. The van der Waals surface area contributed by atoms with Gasteiger partial charge in [0.2, 0.25) is 0 Å². The van der Waals surface area contributed by atoms with Crippen LogP contribution >= 0.6 is 0 Å². The van der Waals surface area contributed by atoms with Crippen molar-refractivity contribution in [3.05, 3.63) is 0 Å². The molecule has 0 spiro atoms. The molecule has 0 radical (unpaired) electrons. The number of hydrogen-bond donors (Lipinski definition) is 2. The maximum atomic E-state index is 10.6. The molecule has 2 N–H and O–H groups in total. The highest BCUT2D eigenvalue weighted by Crippen LogP contribution is 2.27.